The number of esters is 1. The first-order valence-electron chi connectivity index (χ1n) is 10.1. The Balaban J connectivity index is 1.53. The van der Waals surface area contributed by atoms with Gasteiger partial charge in [-0.2, -0.15) is 0 Å². The van der Waals surface area contributed by atoms with Gasteiger partial charge in [-0.25, -0.2) is 9.79 Å². The second-order valence-corrected chi connectivity index (χ2v) is 9.85. The smallest absolute Gasteiger partial charge is 0.363 e. The number of nitrogens with one attached hydrogen (secondary N) is 1. The van der Waals surface area contributed by atoms with Crippen molar-refractivity contribution in [1.29, 1.82) is 0 Å². The van der Waals surface area contributed by atoms with Crippen LogP contribution in [-0.2, 0) is 20.9 Å². The fourth-order valence-electron chi connectivity index (χ4n) is 3.16. The van der Waals surface area contributed by atoms with E-state index in [-0.39, 0.29) is 17.5 Å². The van der Waals surface area contributed by atoms with Crippen molar-refractivity contribution in [3.63, 3.8) is 0 Å². The van der Waals surface area contributed by atoms with Crippen molar-refractivity contribution in [1.82, 2.24) is 0 Å². The molecule has 172 valence electrons. The number of benzene rings is 3. The highest BCUT2D eigenvalue weighted by Crippen LogP contribution is 2.36. The normalized spacial score (nSPS) is 14.1. The number of aliphatic imine (C=N–C) groups is 1. The maximum atomic E-state index is 12.4. The molecule has 0 aromatic heterocycles. The van der Waals surface area contributed by atoms with Crippen LogP contribution in [0, 0.1) is 0 Å². The zero-order valence-electron chi connectivity index (χ0n) is 17.8. The first-order chi connectivity index (χ1) is 16.3. The van der Waals surface area contributed by atoms with Crippen molar-refractivity contribution >= 4 is 77.3 Å². The van der Waals surface area contributed by atoms with E-state index in [1.807, 2.05) is 36.4 Å². The summed E-state index contributed by atoms with van der Waals surface area (Å²) < 4.78 is 13.8. The van der Waals surface area contributed by atoms with Gasteiger partial charge in [0.15, 0.2) is 5.70 Å². The van der Waals surface area contributed by atoms with Crippen LogP contribution in [0.5, 0.6) is 5.75 Å². The molecule has 1 aliphatic rings. The van der Waals surface area contributed by atoms with Crippen LogP contribution in [0.2, 0.25) is 0 Å². The molecule has 9 heteroatoms. The molecule has 3 aromatic carbocycles. The predicted molar refractivity (Wildman–Crippen MR) is 142 cm³/mol. The summed E-state index contributed by atoms with van der Waals surface area (Å²) in [5.74, 6) is 0.152. The van der Waals surface area contributed by atoms with Crippen molar-refractivity contribution < 1.29 is 19.1 Å². The van der Waals surface area contributed by atoms with Crippen LogP contribution in [0.15, 0.2) is 84.8 Å². The molecule has 34 heavy (non-hydrogen) atoms. The molecular formula is C25H17Br3N2O4. The lowest BCUT2D eigenvalue weighted by molar-refractivity contribution is -0.129. The Morgan fingerprint density at radius 3 is 2.35 bits per heavy atom. The molecule has 0 atom stereocenters. The molecule has 0 fully saturated rings. The van der Waals surface area contributed by atoms with Crippen LogP contribution in [0.25, 0.3) is 6.08 Å². The van der Waals surface area contributed by atoms with E-state index >= 15 is 0 Å². The van der Waals surface area contributed by atoms with Crippen LogP contribution in [0.3, 0.4) is 0 Å². The molecule has 0 aliphatic carbocycles. The molecular weight excluding hydrogens is 632 g/mol. The minimum atomic E-state index is -0.539. The quantitative estimate of drug-likeness (QED) is 0.234. The summed E-state index contributed by atoms with van der Waals surface area (Å²) in [4.78, 5) is 27.9. The van der Waals surface area contributed by atoms with Gasteiger partial charge in [-0.3, -0.25) is 4.79 Å². The zero-order chi connectivity index (χ0) is 24.2. The lowest BCUT2D eigenvalue weighted by atomic mass is 10.2. The number of amides is 1. The molecule has 0 saturated heterocycles. The molecule has 0 bridgehead atoms. The van der Waals surface area contributed by atoms with E-state index in [4.69, 9.17) is 9.47 Å². The Labute approximate surface area is 221 Å². The molecule has 0 radical (unpaired) electrons. The fourth-order valence-corrected chi connectivity index (χ4v) is 5.01. The second kappa shape index (κ2) is 10.7. The standard InChI is InChI=1S/C25H17Br3N2O4/c1-14(31)29-18-8-6-16(7-9-18)24-30-22(25(32)34-24)12-15-10-20(27)23(21(28)11-15)33-13-17-4-2-3-5-19(17)26/h2-12H,13H2,1H3,(H,29,31)/b22-12-. The summed E-state index contributed by atoms with van der Waals surface area (Å²) in [5, 5.41) is 2.69. The Hall–Kier alpha value is -2.75. The monoisotopic (exact) mass is 646 g/mol. The lowest BCUT2D eigenvalue weighted by Gasteiger charge is -2.12. The molecule has 6 nitrogen and oxygen atoms in total. The van der Waals surface area contributed by atoms with Crippen LogP contribution in [-0.4, -0.2) is 17.8 Å². The maximum absolute atomic E-state index is 12.4. The third kappa shape index (κ3) is 5.84. The molecule has 1 amide bonds. The minimum Gasteiger partial charge on any atom is -0.486 e. The average molecular weight is 649 g/mol. The average Bonchev–Trinajstić information content (AvgIpc) is 3.14. The van der Waals surface area contributed by atoms with Crippen molar-refractivity contribution in [3.05, 3.63) is 96.5 Å². The number of halogens is 3. The van der Waals surface area contributed by atoms with Crippen LogP contribution in [0.4, 0.5) is 5.69 Å². The van der Waals surface area contributed by atoms with Crippen molar-refractivity contribution in [2.45, 2.75) is 13.5 Å². The number of nitrogens with zero attached hydrogens (tertiary/aromatic N) is 1. The molecule has 4 rings (SSSR count). The molecule has 1 aliphatic heterocycles. The largest absolute Gasteiger partial charge is 0.486 e. The number of rotatable bonds is 6. The first kappa shape index (κ1) is 24.4. The van der Waals surface area contributed by atoms with Gasteiger partial charge in [-0.1, -0.05) is 34.1 Å². The molecule has 1 N–H and O–H groups in total. The van der Waals surface area contributed by atoms with Crippen molar-refractivity contribution in [3.8, 4) is 5.75 Å². The highest BCUT2D eigenvalue weighted by molar-refractivity contribution is 9.11. The van der Waals surface area contributed by atoms with E-state index < -0.39 is 5.97 Å². The van der Waals surface area contributed by atoms with E-state index in [1.54, 1.807) is 30.3 Å². The van der Waals surface area contributed by atoms with Gasteiger partial charge in [0.25, 0.3) is 0 Å². The second-order valence-electron chi connectivity index (χ2n) is 7.29. The summed E-state index contributed by atoms with van der Waals surface area (Å²) in [7, 11) is 0. The van der Waals surface area contributed by atoms with E-state index in [2.05, 4.69) is 58.1 Å². The van der Waals surface area contributed by atoms with Crippen molar-refractivity contribution in [2.24, 2.45) is 4.99 Å². The van der Waals surface area contributed by atoms with Crippen LogP contribution in [0.1, 0.15) is 23.6 Å². The number of carbonyl (C=O) groups is 2. The topological polar surface area (TPSA) is 77.0 Å². The van der Waals surface area contributed by atoms with Gasteiger partial charge >= 0.3 is 5.97 Å². The highest BCUT2D eigenvalue weighted by Gasteiger charge is 2.24. The number of ether oxygens (including phenoxy) is 2. The van der Waals surface area contributed by atoms with E-state index in [1.165, 1.54) is 6.92 Å². The number of cyclic esters (lactones) is 1. The molecule has 0 saturated carbocycles. The summed E-state index contributed by atoms with van der Waals surface area (Å²) in [6.07, 6.45) is 1.65. The van der Waals surface area contributed by atoms with Gasteiger partial charge in [-0.05, 0) is 86.0 Å². The van der Waals surface area contributed by atoms with E-state index in [9.17, 15) is 9.59 Å². The molecule has 0 spiro atoms. The van der Waals surface area contributed by atoms with E-state index in [0.29, 0.717) is 23.6 Å². The lowest BCUT2D eigenvalue weighted by Crippen LogP contribution is -2.07. The number of hydrogen-bond acceptors (Lipinski definition) is 5. The number of carbonyl (C=O) groups excluding carboxylic acids is 2. The highest BCUT2D eigenvalue weighted by atomic mass is 79.9. The van der Waals surface area contributed by atoms with Crippen LogP contribution >= 0.6 is 47.8 Å². The molecule has 0 unspecified atom stereocenters. The minimum absolute atomic E-state index is 0.163. The first-order valence-corrected chi connectivity index (χ1v) is 12.4. The third-order valence-electron chi connectivity index (χ3n) is 4.73. The Morgan fingerprint density at radius 1 is 1.03 bits per heavy atom. The summed E-state index contributed by atoms with van der Waals surface area (Å²) in [6.45, 7) is 1.82. The zero-order valence-corrected chi connectivity index (χ0v) is 22.5. The third-order valence-corrected chi connectivity index (χ3v) is 6.68. The number of hydrogen-bond donors (Lipinski definition) is 1. The fraction of sp³-hybridized carbons (Fsp3) is 0.0800. The Morgan fingerprint density at radius 2 is 1.71 bits per heavy atom. The molecule has 1 heterocycles. The summed E-state index contributed by atoms with van der Waals surface area (Å²) in [5.41, 5.74) is 3.22. The van der Waals surface area contributed by atoms with Gasteiger partial charge in [0.05, 0.1) is 8.95 Å². The summed E-state index contributed by atoms with van der Waals surface area (Å²) in [6, 6.07) is 18.4. The van der Waals surface area contributed by atoms with Crippen molar-refractivity contribution in [2.75, 3.05) is 5.32 Å². The Bertz CT molecular complexity index is 1310. The number of anilines is 1. The van der Waals surface area contributed by atoms with E-state index in [0.717, 1.165) is 24.5 Å². The van der Waals surface area contributed by atoms with Gasteiger partial charge in [0.1, 0.15) is 12.4 Å². The maximum Gasteiger partial charge on any atom is 0.363 e. The molecule has 3 aromatic rings. The Kier molecular flexibility index (Phi) is 7.65. The van der Waals surface area contributed by atoms with Gasteiger partial charge in [-0.15, -0.1) is 0 Å². The SMILES string of the molecule is CC(=O)Nc1ccc(C2=N/C(=C\c3cc(Br)c(OCc4ccccc4Br)c(Br)c3)C(=O)O2)cc1. The van der Waals surface area contributed by atoms with Crippen LogP contribution < -0.4 is 10.1 Å². The van der Waals surface area contributed by atoms with Gasteiger partial charge in [0, 0.05) is 28.2 Å². The predicted octanol–water partition coefficient (Wildman–Crippen LogP) is 6.86. The van der Waals surface area contributed by atoms with Gasteiger partial charge in [0.2, 0.25) is 11.8 Å². The summed E-state index contributed by atoms with van der Waals surface area (Å²) >= 11 is 10.6. The van der Waals surface area contributed by atoms with Gasteiger partial charge < -0.3 is 14.8 Å².